The Morgan fingerprint density at radius 3 is 2.52 bits per heavy atom. The molecule has 7 heteroatoms. The number of nitrogens with one attached hydrogen (secondary N) is 1. The number of aliphatic hydroxyl groups excluding tert-OH is 1. The second-order valence-corrected chi connectivity index (χ2v) is 7.26. The van der Waals surface area contributed by atoms with Crippen LogP contribution in [-0.2, 0) is 13.6 Å². The highest BCUT2D eigenvalue weighted by Gasteiger charge is 2.16. The first-order valence-electron chi connectivity index (χ1n) is 9.41. The second kappa shape index (κ2) is 7.52. The number of nitrogens with zero attached hydrogens (tertiary/aromatic N) is 4. The molecule has 0 fully saturated rings. The molecule has 2 aromatic heterocycles. The molecule has 2 N–H and O–H groups in total. The van der Waals surface area contributed by atoms with Crippen LogP contribution in [0.4, 0.5) is 5.69 Å². The molecular formula is C22H23N5O2. The Labute approximate surface area is 168 Å². The summed E-state index contributed by atoms with van der Waals surface area (Å²) in [6, 6.07) is 13.3. The van der Waals surface area contributed by atoms with Crippen LogP contribution in [0.15, 0.2) is 55.1 Å². The van der Waals surface area contributed by atoms with E-state index in [-0.39, 0.29) is 5.91 Å². The van der Waals surface area contributed by atoms with Gasteiger partial charge in [-0.25, -0.2) is 4.98 Å². The van der Waals surface area contributed by atoms with E-state index in [0.29, 0.717) is 17.9 Å². The summed E-state index contributed by atoms with van der Waals surface area (Å²) in [5, 5.41) is 18.4. The van der Waals surface area contributed by atoms with Crippen molar-refractivity contribution >= 4 is 22.5 Å². The minimum atomic E-state index is -0.703. The molecule has 0 saturated heterocycles. The van der Waals surface area contributed by atoms with Crippen LogP contribution in [0.5, 0.6) is 0 Å². The van der Waals surface area contributed by atoms with E-state index in [1.165, 1.54) is 6.33 Å². The molecule has 0 aliphatic rings. The van der Waals surface area contributed by atoms with Crippen molar-refractivity contribution in [3.63, 3.8) is 0 Å². The molecule has 1 unspecified atom stereocenters. The van der Waals surface area contributed by atoms with Crippen molar-refractivity contribution in [1.82, 2.24) is 19.3 Å². The van der Waals surface area contributed by atoms with Crippen molar-refractivity contribution in [1.29, 1.82) is 0 Å². The molecule has 148 valence electrons. The Kier molecular flexibility index (Phi) is 4.90. The normalized spacial score (nSPS) is 12.3. The third-order valence-electron chi connectivity index (χ3n) is 5.23. The number of benzene rings is 2. The number of aliphatic hydroxyl groups is 1. The fraction of sp³-hybridized carbons (Fsp3) is 0.227. The van der Waals surface area contributed by atoms with Gasteiger partial charge in [0, 0.05) is 18.1 Å². The van der Waals surface area contributed by atoms with E-state index >= 15 is 0 Å². The number of anilines is 1. The summed E-state index contributed by atoms with van der Waals surface area (Å²) >= 11 is 0. The number of carbonyl (C=O) groups is 1. The molecular weight excluding hydrogens is 366 g/mol. The largest absolute Gasteiger partial charge is 0.386 e. The van der Waals surface area contributed by atoms with Crippen LogP contribution in [0.2, 0.25) is 0 Å². The van der Waals surface area contributed by atoms with Gasteiger partial charge in [0.05, 0.1) is 18.2 Å². The summed E-state index contributed by atoms with van der Waals surface area (Å²) in [5.41, 5.74) is 5.37. The predicted molar refractivity (Wildman–Crippen MR) is 112 cm³/mol. The van der Waals surface area contributed by atoms with Crippen molar-refractivity contribution in [2.75, 3.05) is 5.32 Å². The lowest BCUT2D eigenvalue weighted by molar-refractivity contribution is 0.101. The highest BCUT2D eigenvalue weighted by Crippen LogP contribution is 2.26. The number of aryl methyl sites for hydroxylation is 3. The average Bonchev–Trinajstić information content (AvgIpc) is 3.33. The zero-order chi connectivity index (χ0) is 20.5. The van der Waals surface area contributed by atoms with Gasteiger partial charge in [0.1, 0.15) is 18.3 Å². The fourth-order valence-corrected chi connectivity index (χ4v) is 3.61. The first kappa shape index (κ1) is 18.9. The van der Waals surface area contributed by atoms with Gasteiger partial charge in [-0.05, 0) is 48.7 Å². The Hall–Kier alpha value is -3.45. The quantitative estimate of drug-likeness (QED) is 0.548. The molecule has 0 bridgehead atoms. The highest BCUT2D eigenvalue weighted by atomic mass is 16.3. The van der Waals surface area contributed by atoms with Crippen molar-refractivity contribution in [3.8, 4) is 0 Å². The summed E-state index contributed by atoms with van der Waals surface area (Å²) in [6.07, 6.45) is 2.29. The van der Waals surface area contributed by atoms with E-state index in [1.807, 2.05) is 31.5 Å². The summed E-state index contributed by atoms with van der Waals surface area (Å²) in [4.78, 5) is 16.7. The average molecular weight is 389 g/mol. The Bertz CT molecular complexity index is 1160. The van der Waals surface area contributed by atoms with Gasteiger partial charge in [-0.15, -0.1) is 0 Å². The molecule has 0 saturated carbocycles. The molecule has 4 rings (SSSR count). The number of hydrogen-bond donors (Lipinski definition) is 2. The van der Waals surface area contributed by atoms with E-state index in [4.69, 9.17) is 0 Å². The topological polar surface area (TPSA) is 85.0 Å². The van der Waals surface area contributed by atoms with Crippen molar-refractivity contribution in [2.24, 2.45) is 7.05 Å². The zero-order valence-electron chi connectivity index (χ0n) is 16.6. The van der Waals surface area contributed by atoms with Crippen LogP contribution in [0.25, 0.3) is 10.9 Å². The van der Waals surface area contributed by atoms with Crippen molar-refractivity contribution in [2.45, 2.75) is 26.5 Å². The van der Waals surface area contributed by atoms with Crippen molar-refractivity contribution in [3.05, 3.63) is 77.5 Å². The van der Waals surface area contributed by atoms with Gasteiger partial charge in [-0.1, -0.05) is 24.3 Å². The summed E-state index contributed by atoms with van der Waals surface area (Å²) in [6.45, 7) is 4.42. The molecule has 0 radical (unpaired) electrons. The maximum absolute atomic E-state index is 12.9. The lowest BCUT2D eigenvalue weighted by Gasteiger charge is -2.12. The number of rotatable bonds is 5. The predicted octanol–water partition coefficient (Wildman–Crippen LogP) is 3.37. The smallest absolute Gasteiger partial charge is 0.272 e. The van der Waals surface area contributed by atoms with Gasteiger partial charge in [0.15, 0.2) is 0 Å². The molecule has 2 aromatic carbocycles. The third kappa shape index (κ3) is 3.64. The third-order valence-corrected chi connectivity index (χ3v) is 5.23. The molecule has 1 atom stereocenters. The summed E-state index contributed by atoms with van der Waals surface area (Å²) < 4.78 is 3.51. The zero-order valence-corrected chi connectivity index (χ0v) is 16.6. The van der Waals surface area contributed by atoms with E-state index in [0.717, 1.165) is 27.6 Å². The maximum atomic E-state index is 12.9. The molecule has 7 nitrogen and oxygen atoms in total. The van der Waals surface area contributed by atoms with Crippen LogP contribution in [0.1, 0.15) is 33.3 Å². The van der Waals surface area contributed by atoms with E-state index in [2.05, 4.69) is 27.5 Å². The SMILES string of the molecule is Cc1ccc(C)c2c1cc(C(=O)Nc1ccc(C(O)Cn3cncn3)cc1)n2C. The molecule has 0 aliphatic carbocycles. The van der Waals surface area contributed by atoms with Gasteiger partial charge in [-0.2, -0.15) is 5.10 Å². The highest BCUT2D eigenvalue weighted by molar-refractivity contribution is 6.07. The van der Waals surface area contributed by atoms with Crippen LogP contribution in [0.3, 0.4) is 0 Å². The summed E-state index contributed by atoms with van der Waals surface area (Å²) in [5.74, 6) is -0.168. The number of hydrogen-bond acceptors (Lipinski definition) is 4. The van der Waals surface area contributed by atoms with Gasteiger partial charge in [0.25, 0.3) is 5.91 Å². The number of carbonyl (C=O) groups excluding carboxylic acids is 1. The van der Waals surface area contributed by atoms with Crippen molar-refractivity contribution < 1.29 is 9.90 Å². The van der Waals surface area contributed by atoms with Crippen LogP contribution in [-0.4, -0.2) is 30.3 Å². The Morgan fingerprint density at radius 2 is 1.86 bits per heavy atom. The monoisotopic (exact) mass is 389 g/mol. The Balaban J connectivity index is 1.52. The van der Waals surface area contributed by atoms with Gasteiger partial charge >= 0.3 is 0 Å². The van der Waals surface area contributed by atoms with Gasteiger partial charge < -0.3 is 15.0 Å². The fourth-order valence-electron chi connectivity index (χ4n) is 3.61. The second-order valence-electron chi connectivity index (χ2n) is 7.26. The Morgan fingerprint density at radius 1 is 1.14 bits per heavy atom. The van der Waals surface area contributed by atoms with Crippen LogP contribution < -0.4 is 5.32 Å². The van der Waals surface area contributed by atoms with Gasteiger partial charge in [-0.3, -0.25) is 9.48 Å². The lowest BCUT2D eigenvalue weighted by Crippen LogP contribution is -2.15. The van der Waals surface area contributed by atoms with E-state index in [1.54, 1.807) is 35.3 Å². The molecule has 1 amide bonds. The standard InChI is InChI=1S/C22H23N5O2/c1-14-4-5-15(2)21-18(14)10-19(26(21)3)22(29)25-17-8-6-16(7-9-17)20(28)11-27-13-23-12-24-27/h4-10,12-13,20,28H,11H2,1-3H3,(H,25,29). The minimum Gasteiger partial charge on any atom is -0.386 e. The van der Waals surface area contributed by atoms with Crippen LogP contribution >= 0.6 is 0 Å². The van der Waals surface area contributed by atoms with E-state index in [9.17, 15) is 9.90 Å². The first-order valence-corrected chi connectivity index (χ1v) is 9.41. The molecule has 29 heavy (non-hydrogen) atoms. The molecule has 0 aliphatic heterocycles. The molecule has 4 aromatic rings. The maximum Gasteiger partial charge on any atom is 0.272 e. The molecule has 0 spiro atoms. The minimum absolute atomic E-state index is 0.168. The first-order chi connectivity index (χ1) is 13.9. The van der Waals surface area contributed by atoms with Crippen LogP contribution in [0, 0.1) is 13.8 Å². The summed E-state index contributed by atoms with van der Waals surface area (Å²) in [7, 11) is 1.91. The van der Waals surface area contributed by atoms with E-state index < -0.39 is 6.10 Å². The number of aromatic nitrogens is 4. The number of amides is 1. The lowest BCUT2D eigenvalue weighted by atomic mass is 10.1. The van der Waals surface area contributed by atoms with Gasteiger partial charge in [0.2, 0.25) is 0 Å². The molecule has 2 heterocycles. The number of fused-ring (bicyclic) bond motifs is 1.